The molecule has 4 nitrogen and oxygen atoms in total. The zero-order valence-corrected chi connectivity index (χ0v) is 11.8. The topological polar surface area (TPSA) is 63.4 Å². The molecular weight excluding hydrogens is 260 g/mol. The second-order valence-electron chi connectivity index (χ2n) is 4.77. The quantitative estimate of drug-likeness (QED) is 0.851. The molecule has 1 amide bonds. The van der Waals surface area contributed by atoms with Crippen molar-refractivity contribution in [2.45, 2.75) is 25.0 Å². The molecule has 102 valence electrons. The van der Waals surface area contributed by atoms with E-state index < -0.39 is 0 Å². The molecule has 1 aliphatic rings. The molecule has 0 aliphatic carbocycles. The van der Waals surface area contributed by atoms with Gasteiger partial charge in [-0.1, -0.05) is 23.9 Å². The lowest BCUT2D eigenvalue weighted by Crippen LogP contribution is -2.27. The fraction of sp³-hybridized carbons (Fsp3) is 0.429. The number of carbonyl (C=O) groups is 2. The lowest BCUT2D eigenvalue weighted by molar-refractivity contribution is -0.127. The minimum Gasteiger partial charge on any atom is -0.399 e. The van der Waals surface area contributed by atoms with E-state index in [9.17, 15) is 9.59 Å². The van der Waals surface area contributed by atoms with Gasteiger partial charge in [0.05, 0.1) is 0 Å². The van der Waals surface area contributed by atoms with Crippen LogP contribution in [0.5, 0.6) is 0 Å². The molecule has 2 N–H and O–H groups in total. The van der Waals surface area contributed by atoms with Crippen LogP contribution in [0.3, 0.4) is 0 Å². The summed E-state index contributed by atoms with van der Waals surface area (Å²) < 4.78 is 0. The Kier molecular flexibility index (Phi) is 4.47. The zero-order chi connectivity index (χ0) is 13.8. The van der Waals surface area contributed by atoms with Crippen LogP contribution in [0.2, 0.25) is 0 Å². The van der Waals surface area contributed by atoms with Crippen molar-refractivity contribution in [2.24, 2.45) is 0 Å². The molecule has 0 radical (unpaired) electrons. The van der Waals surface area contributed by atoms with Gasteiger partial charge in [0.15, 0.2) is 5.12 Å². The van der Waals surface area contributed by atoms with Crippen LogP contribution >= 0.6 is 11.8 Å². The second-order valence-corrected chi connectivity index (χ2v) is 6.24. The first-order valence-corrected chi connectivity index (χ1v) is 7.22. The van der Waals surface area contributed by atoms with Crippen molar-refractivity contribution in [1.29, 1.82) is 0 Å². The number of nitrogen functional groups attached to an aromatic ring is 1. The van der Waals surface area contributed by atoms with Crippen molar-refractivity contribution in [3.8, 4) is 0 Å². The Morgan fingerprint density at radius 2 is 2.11 bits per heavy atom. The third-order valence-corrected chi connectivity index (χ3v) is 4.14. The molecule has 0 aromatic heterocycles. The van der Waals surface area contributed by atoms with Gasteiger partial charge < -0.3 is 10.6 Å². The van der Waals surface area contributed by atoms with Crippen LogP contribution < -0.4 is 5.73 Å². The largest absolute Gasteiger partial charge is 0.399 e. The number of nitrogens with two attached hydrogens (primary N) is 1. The van der Waals surface area contributed by atoms with E-state index in [0.717, 1.165) is 12.1 Å². The molecule has 1 fully saturated rings. The molecule has 1 unspecified atom stereocenters. The summed E-state index contributed by atoms with van der Waals surface area (Å²) in [5.41, 5.74) is 7.55. The minimum absolute atomic E-state index is 0.0817. The van der Waals surface area contributed by atoms with Crippen molar-refractivity contribution in [3.05, 3.63) is 29.8 Å². The summed E-state index contributed by atoms with van der Waals surface area (Å²) in [7, 11) is 0. The molecule has 5 heteroatoms. The number of hydrogen-bond donors (Lipinski definition) is 1. The monoisotopic (exact) mass is 278 g/mol. The van der Waals surface area contributed by atoms with Gasteiger partial charge in [-0.05, 0) is 24.1 Å². The Morgan fingerprint density at radius 1 is 1.42 bits per heavy atom. The summed E-state index contributed by atoms with van der Waals surface area (Å²) in [6.07, 6.45) is 1.30. The summed E-state index contributed by atoms with van der Waals surface area (Å²) in [4.78, 5) is 24.7. The number of hydrogen-bond acceptors (Lipinski definition) is 4. The van der Waals surface area contributed by atoms with Gasteiger partial charge in [-0.3, -0.25) is 9.59 Å². The smallest absolute Gasteiger partial charge is 0.223 e. The summed E-state index contributed by atoms with van der Waals surface area (Å²) in [6, 6.07) is 7.71. The van der Waals surface area contributed by atoms with Crippen LogP contribution in [-0.2, 0) is 16.0 Å². The summed E-state index contributed by atoms with van der Waals surface area (Å²) in [6.45, 7) is 2.93. The first-order chi connectivity index (χ1) is 9.04. The number of nitrogens with zero attached hydrogens (tertiary/aromatic N) is 1. The number of benzene rings is 1. The van der Waals surface area contributed by atoms with Crippen molar-refractivity contribution in [3.63, 3.8) is 0 Å². The fourth-order valence-corrected chi connectivity index (χ4v) is 3.16. The molecule has 2 rings (SSSR count). The zero-order valence-electron chi connectivity index (χ0n) is 11.0. The van der Waals surface area contributed by atoms with Crippen molar-refractivity contribution in [1.82, 2.24) is 4.90 Å². The Morgan fingerprint density at radius 3 is 2.74 bits per heavy atom. The van der Waals surface area contributed by atoms with Crippen LogP contribution in [0.25, 0.3) is 0 Å². The highest BCUT2D eigenvalue weighted by Gasteiger charge is 2.30. The van der Waals surface area contributed by atoms with E-state index in [0.29, 0.717) is 19.5 Å². The highest BCUT2D eigenvalue weighted by atomic mass is 32.2. The number of carbonyl (C=O) groups excluding carboxylic acids is 2. The van der Waals surface area contributed by atoms with Crippen molar-refractivity contribution >= 4 is 28.5 Å². The van der Waals surface area contributed by atoms with Crippen LogP contribution in [0.1, 0.15) is 18.9 Å². The third-order valence-electron chi connectivity index (χ3n) is 3.16. The van der Waals surface area contributed by atoms with Crippen LogP contribution in [0, 0.1) is 0 Å². The number of amides is 1. The first-order valence-electron chi connectivity index (χ1n) is 6.34. The Balaban J connectivity index is 1.84. The molecular formula is C14H18N2O2S. The molecule has 1 heterocycles. The molecule has 1 saturated heterocycles. The normalized spacial score (nSPS) is 18.9. The maximum atomic E-state index is 11.8. The van der Waals surface area contributed by atoms with Crippen LogP contribution in [0.4, 0.5) is 5.69 Å². The lowest BCUT2D eigenvalue weighted by Gasteiger charge is -2.16. The van der Waals surface area contributed by atoms with Gasteiger partial charge in [-0.25, -0.2) is 0 Å². The first kappa shape index (κ1) is 13.9. The highest BCUT2D eigenvalue weighted by molar-refractivity contribution is 8.14. The van der Waals surface area contributed by atoms with Crippen molar-refractivity contribution in [2.75, 3.05) is 18.8 Å². The standard InChI is InChI=1S/C14H18N2O2S/c1-10(17)19-13-8-14(18)16(9-13)7-6-11-2-4-12(15)5-3-11/h2-5,13H,6-9,15H2,1H3. The number of rotatable bonds is 4. The van der Waals surface area contributed by atoms with Gasteiger partial charge in [-0.2, -0.15) is 0 Å². The van der Waals surface area contributed by atoms with Gasteiger partial charge in [0, 0.05) is 37.4 Å². The third kappa shape index (κ3) is 3.99. The predicted octanol–water partition coefficient (Wildman–Crippen LogP) is 1.69. The SMILES string of the molecule is CC(=O)SC1CC(=O)N(CCc2ccc(N)cc2)C1. The molecule has 19 heavy (non-hydrogen) atoms. The van der Waals surface area contributed by atoms with E-state index in [1.807, 2.05) is 29.2 Å². The maximum Gasteiger partial charge on any atom is 0.223 e. The lowest BCUT2D eigenvalue weighted by atomic mass is 10.1. The molecule has 1 atom stereocenters. The highest BCUT2D eigenvalue weighted by Crippen LogP contribution is 2.24. The molecule has 0 saturated carbocycles. The van der Waals surface area contributed by atoms with Crippen molar-refractivity contribution < 1.29 is 9.59 Å². The van der Waals surface area contributed by atoms with Crippen LogP contribution in [0.15, 0.2) is 24.3 Å². The number of likely N-dealkylation sites (tertiary alicyclic amines) is 1. The summed E-state index contributed by atoms with van der Waals surface area (Å²) in [5, 5.41) is 0.203. The minimum atomic E-state index is 0.0817. The number of anilines is 1. The fourth-order valence-electron chi connectivity index (χ4n) is 2.21. The van der Waals surface area contributed by atoms with Gasteiger partial charge in [-0.15, -0.1) is 0 Å². The number of thioether (sulfide) groups is 1. The molecule has 0 bridgehead atoms. The average molecular weight is 278 g/mol. The predicted molar refractivity (Wildman–Crippen MR) is 77.8 cm³/mol. The van der Waals surface area contributed by atoms with E-state index in [-0.39, 0.29) is 16.3 Å². The van der Waals surface area contributed by atoms with Gasteiger partial charge >= 0.3 is 0 Å². The summed E-state index contributed by atoms with van der Waals surface area (Å²) in [5.74, 6) is 0.147. The van der Waals surface area contributed by atoms with Gasteiger partial charge in [0.2, 0.25) is 5.91 Å². The molecule has 1 aromatic rings. The van der Waals surface area contributed by atoms with E-state index in [1.165, 1.54) is 17.3 Å². The maximum absolute atomic E-state index is 11.8. The van der Waals surface area contributed by atoms with Crippen LogP contribution in [-0.4, -0.2) is 34.3 Å². The van der Waals surface area contributed by atoms with E-state index in [4.69, 9.17) is 5.73 Å². The van der Waals surface area contributed by atoms with Gasteiger partial charge in [0.1, 0.15) is 0 Å². The summed E-state index contributed by atoms with van der Waals surface area (Å²) >= 11 is 1.28. The average Bonchev–Trinajstić information content (AvgIpc) is 2.68. The van der Waals surface area contributed by atoms with Gasteiger partial charge in [0.25, 0.3) is 0 Å². The second kappa shape index (κ2) is 6.10. The van der Waals surface area contributed by atoms with E-state index in [1.54, 1.807) is 6.92 Å². The van der Waals surface area contributed by atoms with E-state index >= 15 is 0 Å². The Hall–Kier alpha value is -1.49. The molecule has 1 aliphatic heterocycles. The van der Waals surface area contributed by atoms with E-state index in [2.05, 4.69) is 0 Å². The molecule has 1 aromatic carbocycles. The Labute approximate surface area is 117 Å². The Bertz CT molecular complexity index is 473. The molecule has 0 spiro atoms.